The van der Waals surface area contributed by atoms with Crippen molar-refractivity contribution in [3.8, 4) is 0 Å². The summed E-state index contributed by atoms with van der Waals surface area (Å²) in [5.74, 6) is -0.731. The van der Waals surface area contributed by atoms with Gasteiger partial charge in [0, 0.05) is 39.0 Å². The number of unbranched alkanes of at least 4 members (excludes halogenated alkanes) is 4. The van der Waals surface area contributed by atoms with Crippen molar-refractivity contribution in [3.05, 3.63) is 34.4 Å². The normalized spacial score (nSPS) is 10.8. The molecule has 0 saturated heterocycles. The Kier molecular flexibility index (Phi) is 14.5. The maximum absolute atomic E-state index is 12.8. The van der Waals surface area contributed by atoms with Crippen molar-refractivity contribution in [1.82, 2.24) is 41.2 Å². The zero-order chi connectivity index (χ0) is 29.3. The molecule has 2 rings (SSSR count). The highest BCUT2D eigenvalue weighted by Crippen LogP contribution is 2.12. The van der Waals surface area contributed by atoms with Gasteiger partial charge in [-0.25, -0.2) is 9.97 Å². The van der Waals surface area contributed by atoms with E-state index >= 15 is 0 Å². The van der Waals surface area contributed by atoms with Gasteiger partial charge >= 0.3 is 0 Å². The van der Waals surface area contributed by atoms with Gasteiger partial charge in [-0.3, -0.25) is 19.2 Å². The van der Waals surface area contributed by atoms with E-state index < -0.39 is 11.8 Å². The number of nitrogens with one attached hydrogen (secondary N) is 6. The summed E-state index contributed by atoms with van der Waals surface area (Å²) in [7, 11) is 0. The molecule has 0 aliphatic carbocycles. The minimum Gasteiger partial charge on any atom is -0.351 e. The molecule has 0 radical (unpaired) electrons. The number of aryl methyl sites for hydroxylation is 2. The Morgan fingerprint density at radius 1 is 0.525 bits per heavy atom. The number of hydrogen-bond donors (Lipinski definition) is 6. The lowest BCUT2D eigenvalue weighted by Crippen LogP contribution is -2.30. The lowest BCUT2D eigenvalue weighted by molar-refractivity contribution is 0.0913. The third-order valence-electron chi connectivity index (χ3n) is 6.25. The van der Waals surface area contributed by atoms with Crippen LogP contribution in [0.15, 0.2) is 0 Å². The van der Waals surface area contributed by atoms with Gasteiger partial charge in [-0.1, -0.05) is 53.4 Å². The fourth-order valence-corrected chi connectivity index (χ4v) is 3.83. The number of H-pyrrole nitrogens is 2. The van der Waals surface area contributed by atoms with Crippen LogP contribution in [0.25, 0.3) is 0 Å². The lowest BCUT2D eigenvalue weighted by Gasteiger charge is -2.05. The van der Waals surface area contributed by atoms with Gasteiger partial charge in [0.2, 0.25) is 0 Å². The highest BCUT2D eigenvalue weighted by atomic mass is 16.2. The number of aromatic amines is 2. The summed E-state index contributed by atoms with van der Waals surface area (Å²) in [5.41, 5.74) is 0.330. The molecule has 0 aliphatic rings. The van der Waals surface area contributed by atoms with Gasteiger partial charge in [-0.15, -0.1) is 0 Å². The number of aromatic nitrogens is 4. The van der Waals surface area contributed by atoms with Crippen LogP contribution in [0.3, 0.4) is 0 Å². The zero-order valence-corrected chi connectivity index (χ0v) is 24.4. The van der Waals surface area contributed by atoms with Crippen molar-refractivity contribution in [2.75, 3.05) is 26.2 Å². The molecular weight excluding hydrogens is 512 g/mol. The minimum absolute atomic E-state index is 0.0477. The summed E-state index contributed by atoms with van der Waals surface area (Å²) < 4.78 is 0. The number of amides is 4. The summed E-state index contributed by atoms with van der Waals surface area (Å²) in [6.45, 7) is 10.1. The molecule has 0 aromatic carbocycles. The Hall–Kier alpha value is -3.70. The first-order chi connectivity index (χ1) is 19.4. The molecule has 0 unspecified atom stereocenters. The molecule has 0 spiro atoms. The predicted molar refractivity (Wildman–Crippen MR) is 154 cm³/mol. The molecule has 222 valence electrons. The Labute approximate surface area is 236 Å². The van der Waals surface area contributed by atoms with Gasteiger partial charge in [-0.2, -0.15) is 0 Å². The van der Waals surface area contributed by atoms with E-state index in [1.807, 2.05) is 27.7 Å². The predicted octanol–water partition coefficient (Wildman–Crippen LogP) is 3.04. The van der Waals surface area contributed by atoms with E-state index in [2.05, 4.69) is 41.2 Å². The molecule has 40 heavy (non-hydrogen) atoms. The third kappa shape index (κ3) is 10.1. The van der Waals surface area contributed by atoms with E-state index in [4.69, 9.17) is 0 Å². The molecule has 12 nitrogen and oxygen atoms in total. The van der Waals surface area contributed by atoms with Crippen LogP contribution in [0, 0.1) is 0 Å². The van der Waals surface area contributed by atoms with Crippen LogP contribution in [0.4, 0.5) is 0 Å². The molecule has 2 aromatic heterocycles. The van der Waals surface area contributed by atoms with Crippen LogP contribution >= 0.6 is 0 Å². The standard InChI is InChI=1S/C28H46N8O4/c1-5-9-15-29-25(37)21-22(26(38)30-16-10-6-2)34-19(33-21)13-14-20-35-23(27(39)31-17-11-7-3)24(36-20)28(40)32-18-12-8-4/h5-18H2,1-4H3,(H,29,37)(H,30,38)(H,31,39)(H,32,40)(H,33,34)(H,35,36). The average molecular weight is 559 g/mol. The molecular formula is C28H46N8O4. The number of hydrogen-bond acceptors (Lipinski definition) is 6. The number of imidazole rings is 2. The summed E-state index contributed by atoms with van der Waals surface area (Å²) in [4.78, 5) is 66.1. The number of rotatable bonds is 19. The monoisotopic (exact) mass is 558 g/mol. The third-order valence-corrected chi connectivity index (χ3v) is 6.25. The van der Waals surface area contributed by atoms with Crippen LogP contribution in [-0.4, -0.2) is 69.7 Å². The first kappa shape index (κ1) is 32.5. The Balaban J connectivity index is 2.24. The summed E-state index contributed by atoms with van der Waals surface area (Å²) >= 11 is 0. The van der Waals surface area contributed by atoms with Gasteiger partial charge in [0.05, 0.1) is 0 Å². The largest absolute Gasteiger partial charge is 0.351 e. The summed E-state index contributed by atoms with van der Waals surface area (Å²) in [6, 6.07) is 0. The van der Waals surface area contributed by atoms with Crippen molar-refractivity contribution in [1.29, 1.82) is 0 Å². The van der Waals surface area contributed by atoms with E-state index in [0.29, 0.717) is 50.7 Å². The van der Waals surface area contributed by atoms with E-state index in [0.717, 1.165) is 51.4 Å². The van der Waals surface area contributed by atoms with Crippen molar-refractivity contribution in [2.24, 2.45) is 0 Å². The smallest absolute Gasteiger partial charge is 0.272 e. The van der Waals surface area contributed by atoms with Crippen LogP contribution < -0.4 is 21.3 Å². The topological polar surface area (TPSA) is 174 Å². The van der Waals surface area contributed by atoms with E-state index in [1.165, 1.54) is 0 Å². The summed E-state index contributed by atoms with van der Waals surface area (Å²) in [5, 5.41) is 11.3. The quantitative estimate of drug-likeness (QED) is 0.145. The van der Waals surface area contributed by atoms with Gasteiger partial charge in [0.15, 0.2) is 11.4 Å². The van der Waals surface area contributed by atoms with Gasteiger partial charge in [0.25, 0.3) is 23.6 Å². The van der Waals surface area contributed by atoms with Gasteiger partial charge in [0.1, 0.15) is 23.0 Å². The number of carbonyl (C=O) groups excluding carboxylic acids is 4. The molecule has 0 fully saturated rings. The summed E-state index contributed by atoms with van der Waals surface area (Å²) in [6.07, 6.45) is 7.62. The van der Waals surface area contributed by atoms with Crippen LogP contribution in [-0.2, 0) is 12.8 Å². The van der Waals surface area contributed by atoms with E-state index in [1.54, 1.807) is 0 Å². The van der Waals surface area contributed by atoms with Gasteiger partial charge < -0.3 is 31.2 Å². The maximum atomic E-state index is 12.8. The second kappa shape index (κ2) is 17.8. The number of carbonyl (C=O) groups is 4. The molecule has 2 aromatic rings. The second-order valence-electron chi connectivity index (χ2n) is 9.75. The van der Waals surface area contributed by atoms with Crippen molar-refractivity contribution >= 4 is 23.6 Å². The molecule has 0 saturated carbocycles. The second-order valence-corrected chi connectivity index (χ2v) is 9.75. The Bertz CT molecular complexity index is 943. The lowest BCUT2D eigenvalue weighted by atomic mass is 10.2. The average Bonchev–Trinajstić information content (AvgIpc) is 3.57. The first-order valence-corrected chi connectivity index (χ1v) is 14.7. The molecule has 4 amide bonds. The Morgan fingerprint density at radius 2 is 0.825 bits per heavy atom. The molecule has 6 N–H and O–H groups in total. The molecule has 0 bridgehead atoms. The van der Waals surface area contributed by atoms with Crippen molar-refractivity contribution in [3.63, 3.8) is 0 Å². The fourth-order valence-electron chi connectivity index (χ4n) is 3.83. The number of nitrogens with zero attached hydrogens (tertiary/aromatic N) is 2. The van der Waals surface area contributed by atoms with Gasteiger partial charge in [-0.05, 0) is 25.7 Å². The first-order valence-electron chi connectivity index (χ1n) is 14.7. The van der Waals surface area contributed by atoms with E-state index in [9.17, 15) is 19.2 Å². The molecule has 0 atom stereocenters. The zero-order valence-electron chi connectivity index (χ0n) is 24.4. The maximum Gasteiger partial charge on any atom is 0.272 e. The van der Waals surface area contributed by atoms with Crippen LogP contribution in [0.2, 0.25) is 0 Å². The van der Waals surface area contributed by atoms with Crippen LogP contribution in [0.5, 0.6) is 0 Å². The molecule has 0 aliphatic heterocycles. The highest BCUT2D eigenvalue weighted by molar-refractivity contribution is 6.05. The SMILES string of the molecule is CCCCNC(=O)c1nc(CCc2nc(C(=O)NCCCC)c(C(=O)NCCCC)[nH]2)[nH]c1C(=O)NCCCC. The van der Waals surface area contributed by atoms with E-state index in [-0.39, 0.29) is 34.6 Å². The molecule has 2 heterocycles. The fraction of sp³-hybridized carbons (Fsp3) is 0.643. The Morgan fingerprint density at radius 3 is 1.12 bits per heavy atom. The molecule has 12 heteroatoms. The van der Waals surface area contributed by atoms with Crippen molar-refractivity contribution < 1.29 is 19.2 Å². The van der Waals surface area contributed by atoms with Crippen molar-refractivity contribution in [2.45, 2.75) is 91.9 Å². The van der Waals surface area contributed by atoms with Crippen LogP contribution in [0.1, 0.15) is 133 Å². The minimum atomic E-state index is -0.410. The highest BCUT2D eigenvalue weighted by Gasteiger charge is 2.25.